The maximum atomic E-state index is 12.2. The number of benzene rings is 1. The standard InChI is InChI=1S/C17H29NOS/c1-3-4-5-6-7-8-9-10-14-20(19)16-13-11-12-15(2)17(16)18/h11-13H,3-10,14,18H2,1-2H3. The van der Waals surface area contributed by atoms with Crippen molar-refractivity contribution in [3.63, 3.8) is 0 Å². The monoisotopic (exact) mass is 295 g/mol. The van der Waals surface area contributed by atoms with Crippen molar-refractivity contribution in [1.29, 1.82) is 0 Å². The highest BCUT2D eigenvalue weighted by Gasteiger charge is 2.08. The van der Waals surface area contributed by atoms with Crippen molar-refractivity contribution < 1.29 is 4.21 Å². The summed E-state index contributed by atoms with van der Waals surface area (Å²) in [6.45, 7) is 4.21. The van der Waals surface area contributed by atoms with E-state index in [1.165, 1.54) is 44.9 Å². The smallest absolute Gasteiger partial charge is 0.0620 e. The lowest BCUT2D eigenvalue weighted by molar-refractivity contribution is 0.584. The van der Waals surface area contributed by atoms with Crippen molar-refractivity contribution in [2.45, 2.75) is 70.1 Å². The van der Waals surface area contributed by atoms with Crippen LogP contribution in [0.1, 0.15) is 63.9 Å². The Morgan fingerprint density at radius 2 is 1.60 bits per heavy atom. The van der Waals surface area contributed by atoms with Gasteiger partial charge in [0.05, 0.1) is 21.4 Å². The highest BCUT2D eigenvalue weighted by Crippen LogP contribution is 2.21. The second-order valence-corrected chi connectivity index (χ2v) is 7.05. The van der Waals surface area contributed by atoms with Crippen LogP contribution in [-0.4, -0.2) is 9.96 Å². The van der Waals surface area contributed by atoms with Crippen LogP contribution in [0, 0.1) is 6.92 Å². The summed E-state index contributed by atoms with van der Waals surface area (Å²) in [5, 5.41) is 0. The molecular formula is C17H29NOS. The van der Waals surface area contributed by atoms with Gasteiger partial charge >= 0.3 is 0 Å². The first-order valence-electron chi connectivity index (χ1n) is 7.90. The maximum Gasteiger partial charge on any atom is 0.0620 e. The lowest BCUT2D eigenvalue weighted by Gasteiger charge is -2.08. The van der Waals surface area contributed by atoms with E-state index in [1.807, 2.05) is 25.1 Å². The predicted molar refractivity (Wildman–Crippen MR) is 89.5 cm³/mol. The molecule has 0 aliphatic heterocycles. The number of unbranched alkanes of at least 4 members (excludes halogenated alkanes) is 7. The van der Waals surface area contributed by atoms with Crippen LogP contribution >= 0.6 is 0 Å². The van der Waals surface area contributed by atoms with Gasteiger partial charge in [-0.3, -0.25) is 4.21 Å². The highest BCUT2D eigenvalue weighted by atomic mass is 32.2. The quantitative estimate of drug-likeness (QED) is 0.496. The molecule has 0 radical (unpaired) electrons. The molecular weight excluding hydrogens is 266 g/mol. The van der Waals surface area contributed by atoms with E-state index in [2.05, 4.69) is 6.92 Å². The molecule has 0 fully saturated rings. The number of hydrogen-bond donors (Lipinski definition) is 1. The topological polar surface area (TPSA) is 43.1 Å². The molecule has 1 atom stereocenters. The number of aryl methyl sites for hydroxylation is 1. The number of nitrogen functional groups attached to an aromatic ring is 1. The van der Waals surface area contributed by atoms with E-state index in [9.17, 15) is 4.21 Å². The largest absolute Gasteiger partial charge is 0.398 e. The predicted octanol–water partition coefficient (Wildman–Crippen LogP) is 4.83. The third-order valence-electron chi connectivity index (χ3n) is 3.71. The lowest BCUT2D eigenvalue weighted by Crippen LogP contribution is -2.03. The van der Waals surface area contributed by atoms with E-state index < -0.39 is 10.8 Å². The van der Waals surface area contributed by atoms with E-state index in [4.69, 9.17) is 5.73 Å². The number of rotatable bonds is 10. The number of nitrogens with two attached hydrogens (primary N) is 1. The highest BCUT2D eigenvalue weighted by molar-refractivity contribution is 7.85. The van der Waals surface area contributed by atoms with Crippen LogP contribution in [0.2, 0.25) is 0 Å². The van der Waals surface area contributed by atoms with Gasteiger partial charge in [-0.25, -0.2) is 0 Å². The van der Waals surface area contributed by atoms with Gasteiger partial charge < -0.3 is 5.73 Å². The number of hydrogen-bond acceptors (Lipinski definition) is 2. The first-order chi connectivity index (χ1) is 9.66. The van der Waals surface area contributed by atoms with Crippen LogP contribution in [0.5, 0.6) is 0 Å². The zero-order valence-electron chi connectivity index (χ0n) is 13.0. The molecule has 0 bridgehead atoms. The second kappa shape index (κ2) is 9.98. The molecule has 114 valence electrons. The summed E-state index contributed by atoms with van der Waals surface area (Å²) in [4.78, 5) is 0.813. The fourth-order valence-electron chi connectivity index (χ4n) is 2.33. The van der Waals surface area contributed by atoms with Crippen LogP contribution in [0.25, 0.3) is 0 Å². The van der Waals surface area contributed by atoms with Gasteiger partial charge in [-0.2, -0.15) is 0 Å². The van der Waals surface area contributed by atoms with Gasteiger partial charge in [-0.1, -0.05) is 64.0 Å². The van der Waals surface area contributed by atoms with E-state index >= 15 is 0 Å². The average Bonchev–Trinajstić information content (AvgIpc) is 2.44. The molecule has 20 heavy (non-hydrogen) atoms. The summed E-state index contributed by atoms with van der Waals surface area (Å²) < 4.78 is 12.2. The van der Waals surface area contributed by atoms with Crippen molar-refractivity contribution in [2.24, 2.45) is 0 Å². The van der Waals surface area contributed by atoms with Gasteiger partial charge in [-0.05, 0) is 25.0 Å². The SMILES string of the molecule is CCCCCCCCCCS(=O)c1cccc(C)c1N. The average molecular weight is 295 g/mol. The molecule has 0 heterocycles. The van der Waals surface area contributed by atoms with Gasteiger partial charge in [0.1, 0.15) is 0 Å². The Kier molecular flexibility index (Phi) is 8.59. The van der Waals surface area contributed by atoms with Crippen molar-refractivity contribution in [1.82, 2.24) is 0 Å². The molecule has 1 unspecified atom stereocenters. The summed E-state index contributed by atoms with van der Waals surface area (Å²) in [6, 6.07) is 5.79. The molecule has 2 nitrogen and oxygen atoms in total. The first-order valence-corrected chi connectivity index (χ1v) is 9.22. The molecule has 3 heteroatoms. The van der Waals surface area contributed by atoms with Crippen molar-refractivity contribution in [2.75, 3.05) is 11.5 Å². The Hall–Kier alpha value is -0.830. The molecule has 0 aliphatic carbocycles. The Bertz CT molecular complexity index is 417. The van der Waals surface area contributed by atoms with Gasteiger partial charge in [0, 0.05) is 5.75 Å². The van der Waals surface area contributed by atoms with Crippen LogP contribution in [-0.2, 0) is 10.8 Å². The summed E-state index contributed by atoms with van der Waals surface area (Å²) in [7, 11) is -0.940. The normalized spacial score (nSPS) is 12.5. The molecule has 1 aromatic carbocycles. The summed E-state index contributed by atoms with van der Waals surface area (Å²) in [6.07, 6.45) is 10.2. The Labute approximate surface area is 126 Å². The van der Waals surface area contributed by atoms with E-state index in [0.717, 1.165) is 22.6 Å². The fourth-order valence-corrected chi connectivity index (χ4v) is 3.65. The molecule has 0 amide bonds. The fraction of sp³-hybridized carbons (Fsp3) is 0.647. The molecule has 0 spiro atoms. The minimum Gasteiger partial charge on any atom is -0.398 e. The third kappa shape index (κ3) is 6.08. The maximum absolute atomic E-state index is 12.2. The van der Waals surface area contributed by atoms with Crippen LogP contribution in [0.15, 0.2) is 23.1 Å². The summed E-state index contributed by atoms with van der Waals surface area (Å²) in [5.41, 5.74) is 7.71. The van der Waals surface area contributed by atoms with Crippen molar-refractivity contribution in [3.8, 4) is 0 Å². The van der Waals surface area contributed by atoms with E-state index in [-0.39, 0.29) is 0 Å². The molecule has 0 saturated carbocycles. The molecule has 2 N–H and O–H groups in total. The second-order valence-electron chi connectivity index (χ2n) is 5.51. The minimum atomic E-state index is -0.940. The molecule has 1 rings (SSSR count). The van der Waals surface area contributed by atoms with Gasteiger partial charge in [0.2, 0.25) is 0 Å². The van der Waals surface area contributed by atoms with Crippen molar-refractivity contribution >= 4 is 16.5 Å². The minimum absolute atomic E-state index is 0.699. The van der Waals surface area contributed by atoms with Gasteiger partial charge in [0.15, 0.2) is 0 Å². The summed E-state index contributed by atoms with van der Waals surface area (Å²) in [5.74, 6) is 0.739. The third-order valence-corrected chi connectivity index (χ3v) is 5.22. The van der Waals surface area contributed by atoms with Crippen LogP contribution in [0.4, 0.5) is 5.69 Å². The van der Waals surface area contributed by atoms with Gasteiger partial charge in [0.25, 0.3) is 0 Å². The van der Waals surface area contributed by atoms with Gasteiger partial charge in [-0.15, -0.1) is 0 Å². The summed E-state index contributed by atoms with van der Waals surface area (Å²) >= 11 is 0. The van der Waals surface area contributed by atoms with Crippen LogP contribution < -0.4 is 5.73 Å². The van der Waals surface area contributed by atoms with Crippen molar-refractivity contribution in [3.05, 3.63) is 23.8 Å². The number of para-hydroxylation sites is 1. The number of anilines is 1. The molecule has 0 aromatic heterocycles. The molecule has 0 aliphatic rings. The van der Waals surface area contributed by atoms with Crippen LogP contribution in [0.3, 0.4) is 0 Å². The zero-order valence-corrected chi connectivity index (χ0v) is 13.8. The zero-order chi connectivity index (χ0) is 14.8. The van der Waals surface area contributed by atoms with E-state index in [0.29, 0.717) is 5.69 Å². The lowest BCUT2D eigenvalue weighted by atomic mass is 10.1. The Morgan fingerprint density at radius 3 is 2.25 bits per heavy atom. The Balaban J connectivity index is 2.19. The first kappa shape index (κ1) is 17.2. The molecule has 1 aromatic rings. The Morgan fingerprint density at radius 1 is 1.00 bits per heavy atom. The molecule has 0 saturated heterocycles. The van der Waals surface area contributed by atoms with E-state index in [1.54, 1.807) is 0 Å².